The molecule has 0 radical (unpaired) electrons. The molecule has 2 unspecified atom stereocenters. The highest BCUT2D eigenvalue weighted by Gasteiger charge is 2.34. The van der Waals surface area contributed by atoms with Crippen LogP contribution in [0.1, 0.15) is 29.2 Å². The largest absolute Gasteiger partial charge is 0.507 e. The Morgan fingerprint density at radius 3 is 2.66 bits per heavy atom. The van der Waals surface area contributed by atoms with Crippen LogP contribution in [0.4, 0.5) is 0 Å². The van der Waals surface area contributed by atoms with Gasteiger partial charge in [-0.05, 0) is 42.8 Å². The fourth-order valence-electron chi connectivity index (χ4n) is 5.72. The van der Waals surface area contributed by atoms with E-state index in [0.717, 1.165) is 48.1 Å². The Kier molecular flexibility index (Phi) is 4.27. The Labute approximate surface area is 184 Å². The molecule has 2 aliphatic heterocycles. The number of fused-ring (bicyclic) bond motifs is 7. The average molecular weight is 428 g/mol. The van der Waals surface area contributed by atoms with Gasteiger partial charge < -0.3 is 14.1 Å². The van der Waals surface area contributed by atoms with Gasteiger partial charge in [-0.25, -0.2) is 4.79 Å². The number of rotatable bonds is 2. The molecule has 2 aromatic heterocycles. The van der Waals surface area contributed by atoms with Crippen molar-refractivity contribution in [1.29, 1.82) is 0 Å². The quantitative estimate of drug-likeness (QED) is 0.389. The zero-order valence-electron chi connectivity index (χ0n) is 17.9. The van der Waals surface area contributed by atoms with Crippen molar-refractivity contribution in [2.75, 3.05) is 13.1 Å². The van der Waals surface area contributed by atoms with E-state index in [-0.39, 0.29) is 16.9 Å². The maximum atomic E-state index is 12.4. The number of piperidine rings is 1. The maximum absolute atomic E-state index is 12.4. The molecule has 0 aliphatic carbocycles. The van der Waals surface area contributed by atoms with E-state index < -0.39 is 0 Å². The lowest BCUT2D eigenvalue weighted by atomic mass is 9.83. The molecule has 0 spiro atoms. The number of aromatic hydroxyl groups is 1. The van der Waals surface area contributed by atoms with Crippen LogP contribution in [0.5, 0.6) is 5.75 Å². The van der Waals surface area contributed by atoms with Gasteiger partial charge in [-0.1, -0.05) is 24.3 Å². The first-order valence-electron chi connectivity index (χ1n) is 11.1. The Morgan fingerprint density at radius 2 is 1.81 bits per heavy atom. The summed E-state index contributed by atoms with van der Waals surface area (Å²) in [5.41, 5.74) is 2.68. The van der Waals surface area contributed by atoms with Crippen molar-refractivity contribution in [1.82, 2.24) is 9.47 Å². The number of nitrogens with zero attached hydrogens (tertiary/aromatic N) is 2. The molecule has 6 rings (SSSR count). The lowest BCUT2D eigenvalue weighted by Crippen LogP contribution is -2.46. The number of hydrogen-bond acceptors (Lipinski definition) is 5. The molecule has 2 bridgehead atoms. The SMILES string of the molecule is Cc1c(O)c(CN2CC3CC(C2)c2cccc(=O)n2C3)cc2c1oc(=O)c1ccccc12. The summed E-state index contributed by atoms with van der Waals surface area (Å²) in [6, 6.07) is 15.0. The van der Waals surface area contributed by atoms with E-state index in [4.69, 9.17) is 4.42 Å². The molecule has 4 heterocycles. The van der Waals surface area contributed by atoms with Crippen molar-refractivity contribution in [3.05, 3.63) is 86.1 Å². The number of aryl methyl sites for hydroxylation is 1. The average Bonchev–Trinajstić information content (AvgIpc) is 2.79. The van der Waals surface area contributed by atoms with E-state index in [0.29, 0.717) is 34.9 Å². The first kappa shape index (κ1) is 19.3. The van der Waals surface area contributed by atoms with Gasteiger partial charge in [0.15, 0.2) is 0 Å². The van der Waals surface area contributed by atoms with Crippen molar-refractivity contribution in [3.8, 4) is 5.75 Å². The Hall–Kier alpha value is -3.38. The molecule has 1 N–H and O–H groups in total. The minimum Gasteiger partial charge on any atom is -0.507 e. The molecule has 162 valence electrons. The molecule has 1 fully saturated rings. The summed E-state index contributed by atoms with van der Waals surface area (Å²) in [5, 5.41) is 13.2. The van der Waals surface area contributed by atoms with E-state index in [1.54, 1.807) is 19.1 Å². The van der Waals surface area contributed by atoms with Gasteiger partial charge in [-0.2, -0.15) is 0 Å². The molecule has 4 aromatic rings. The predicted molar refractivity (Wildman–Crippen MR) is 123 cm³/mol. The lowest BCUT2D eigenvalue weighted by molar-refractivity contribution is 0.113. The summed E-state index contributed by atoms with van der Waals surface area (Å²) in [6.45, 7) is 4.90. The van der Waals surface area contributed by atoms with Gasteiger partial charge in [-0.3, -0.25) is 9.69 Å². The van der Waals surface area contributed by atoms with Gasteiger partial charge in [0.25, 0.3) is 5.56 Å². The number of aromatic nitrogens is 1. The van der Waals surface area contributed by atoms with E-state index >= 15 is 0 Å². The van der Waals surface area contributed by atoms with Gasteiger partial charge in [-0.15, -0.1) is 0 Å². The molecule has 6 heteroatoms. The third-order valence-electron chi connectivity index (χ3n) is 7.14. The first-order valence-corrected chi connectivity index (χ1v) is 11.1. The molecular weight excluding hydrogens is 404 g/mol. The maximum Gasteiger partial charge on any atom is 0.344 e. The molecule has 2 aliphatic rings. The summed E-state index contributed by atoms with van der Waals surface area (Å²) in [7, 11) is 0. The third-order valence-corrected chi connectivity index (χ3v) is 7.14. The van der Waals surface area contributed by atoms with Gasteiger partial charge in [0.05, 0.1) is 5.39 Å². The number of pyridine rings is 1. The van der Waals surface area contributed by atoms with Crippen molar-refractivity contribution in [2.45, 2.75) is 32.4 Å². The third kappa shape index (κ3) is 2.90. The summed E-state index contributed by atoms with van der Waals surface area (Å²) >= 11 is 0. The summed E-state index contributed by atoms with van der Waals surface area (Å²) in [5.74, 6) is 0.922. The highest BCUT2D eigenvalue weighted by Crippen LogP contribution is 2.38. The molecule has 6 nitrogen and oxygen atoms in total. The van der Waals surface area contributed by atoms with Gasteiger partial charge in [0.2, 0.25) is 0 Å². The zero-order chi connectivity index (χ0) is 22.0. The summed E-state index contributed by atoms with van der Waals surface area (Å²) in [6.07, 6.45) is 1.10. The Bertz CT molecular complexity index is 1500. The van der Waals surface area contributed by atoms with Crippen molar-refractivity contribution in [3.63, 3.8) is 0 Å². The number of phenols is 1. The Balaban J connectivity index is 1.40. The molecule has 0 saturated carbocycles. The van der Waals surface area contributed by atoms with E-state index in [2.05, 4.69) is 11.0 Å². The van der Waals surface area contributed by atoms with Crippen LogP contribution in [0.25, 0.3) is 21.7 Å². The fourth-order valence-corrected chi connectivity index (χ4v) is 5.72. The van der Waals surface area contributed by atoms with Crippen LogP contribution in [-0.4, -0.2) is 27.7 Å². The second kappa shape index (κ2) is 7.07. The van der Waals surface area contributed by atoms with Crippen LogP contribution in [0.15, 0.2) is 62.5 Å². The van der Waals surface area contributed by atoms with Gasteiger partial charge >= 0.3 is 5.63 Å². The lowest BCUT2D eigenvalue weighted by Gasteiger charge is -2.42. The molecule has 1 saturated heterocycles. The molecular formula is C26H24N2O4. The van der Waals surface area contributed by atoms with Crippen LogP contribution in [0, 0.1) is 12.8 Å². The second-order valence-electron chi connectivity index (χ2n) is 9.21. The van der Waals surface area contributed by atoms with E-state index in [1.165, 1.54) is 0 Å². The standard InChI is InChI=1S/C26H24N2O4/c1-15-24(30)18(10-21-19-5-2-3-6-20(19)26(31)32-25(15)21)14-27-11-16-9-17(13-27)22-7-4-8-23(29)28(22)12-16/h2-8,10,16-17,30H,9,11-14H2,1H3. The normalized spacial score (nSPS) is 20.5. The topological polar surface area (TPSA) is 75.7 Å². The number of benzene rings is 2. The minimum absolute atomic E-state index is 0.0850. The molecule has 2 aromatic carbocycles. The van der Waals surface area contributed by atoms with Crippen molar-refractivity contribution < 1.29 is 9.52 Å². The fraction of sp³-hybridized carbons (Fsp3) is 0.308. The second-order valence-corrected chi connectivity index (χ2v) is 9.21. The van der Waals surface area contributed by atoms with Crippen LogP contribution in [0.2, 0.25) is 0 Å². The molecule has 2 atom stereocenters. The number of likely N-dealkylation sites (tertiary alicyclic amines) is 1. The van der Waals surface area contributed by atoms with Gasteiger partial charge in [0, 0.05) is 60.4 Å². The monoisotopic (exact) mass is 428 g/mol. The summed E-state index contributed by atoms with van der Waals surface area (Å²) in [4.78, 5) is 27.1. The van der Waals surface area contributed by atoms with Crippen molar-refractivity contribution >= 4 is 21.7 Å². The number of hydrogen-bond donors (Lipinski definition) is 1. The smallest absolute Gasteiger partial charge is 0.344 e. The first-order chi connectivity index (χ1) is 15.5. The van der Waals surface area contributed by atoms with Gasteiger partial charge in [0.1, 0.15) is 11.3 Å². The summed E-state index contributed by atoms with van der Waals surface area (Å²) < 4.78 is 7.51. The predicted octanol–water partition coefficient (Wildman–Crippen LogP) is 3.74. The minimum atomic E-state index is -0.388. The molecule has 32 heavy (non-hydrogen) atoms. The number of phenolic OH excluding ortho intramolecular Hbond substituents is 1. The molecule has 0 amide bonds. The van der Waals surface area contributed by atoms with Crippen LogP contribution in [0.3, 0.4) is 0 Å². The zero-order valence-corrected chi connectivity index (χ0v) is 17.9. The van der Waals surface area contributed by atoms with Crippen LogP contribution < -0.4 is 11.2 Å². The van der Waals surface area contributed by atoms with E-state index in [9.17, 15) is 14.7 Å². The highest BCUT2D eigenvalue weighted by molar-refractivity contribution is 6.05. The Morgan fingerprint density at radius 1 is 1.00 bits per heavy atom. The highest BCUT2D eigenvalue weighted by atomic mass is 16.4. The van der Waals surface area contributed by atoms with Crippen LogP contribution >= 0.6 is 0 Å². The van der Waals surface area contributed by atoms with E-state index in [1.807, 2.05) is 34.9 Å². The van der Waals surface area contributed by atoms with Crippen LogP contribution in [-0.2, 0) is 13.1 Å². The van der Waals surface area contributed by atoms with Crippen molar-refractivity contribution in [2.24, 2.45) is 5.92 Å².